The zero-order chi connectivity index (χ0) is 25.2. The largest absolute Gasteiger partial charge is 0.462 e. The van der Waals surface area contributed by atoms with Crippen molar-refractivity contribution < 1.29 is 31.5 Å². The van der Waals surface area contributed by atoms with Crippen molar-refractivity contribution in [1.29, 1.82) is 0 Å². The highest BCUT2D eigenvalue weighted by Crippen LogP contribution is 2.38. The number of esters is 1. The predicted octanol–water partition coefficient (Wildman–Crippen LogP) is 5.13. The van der Waals surface area contributed by atoms with E-state index in [1.807, 2.05) is 0 Å². The van der Waals surface area contributed by atoms with Gasteiger partial charge in [0.05, 0.1) is 17.1 Å². The number of anilines is 2. The van der Waals surface area contributed by atoms with Crippen molar-refractivity contribution in [2.24, 2.45) is 0 Å². The van der Waals surface area contributed by atoms with Crippen LogP contribution < -0.4 is 10.0 Å². The van der Waals surface area contributed by atoms with E-state index in [2.05, 4.69) is 10.0 Å². The van der Waals surface area contributed by atoms with Gasteiger partial charge in [-0.2, -0.15) is 0 Å². The summed E-state index contributed by atoms with van der Waals surface area (Å²) in [7, 11) is -4.16. The second kappa shape index (κ2) is 10.1. The number of hydrogen-bond donors (Lipinski definition) is 2. The maximum Gasteiger partial charge on any atom is 0.341 e. The Hall–Kier alpha value is -3.31. The number of hydrogen-bond acceptors (Lipinski definition) is 6. The zero-order valence-electron chi connectivity index (χ0n) is 18.7. The van der Waals surface area contributed by atoms with Crippen molar-refractivity contribution in [3.63, 3.8) is 0 Å². The summed E-state index contributed by atoms with van der Waals surface area (Å²) in [6, 6.07) is 7.83. The molecule has 2 N–H and O–H groups in total. The molecule has 0 saturated carbocycles. The van der Waals surface area contributed by atoms with Gasteiger partial charge in [0.15, 0.2) is 11.6 Å². The standard InChI is InChI=1S/C24H22F2N2O5S2/c1-2-33-24(30)21-17-5-3-4-6-20(17)34-23(21)27-22(29)14-7-9-15(10-8-14)28-35(31,32)16-11-12-18(25)19(26)13-16/h7-13,28H,2-6H2,1H3,(H,27,29). The predicted molar refractivity (Wildman–Crippen MR) is 128 cm³/mol. The molecule has 1 aliphatic carbocycles. The number of fused-ring (bicyclic) bond motifs is 1. The molecule has 0 aliphatic heterocycles. The van der Waals surface area contributed by atoms with E-state index < -0.39 is 38.4 Å². The highest BCUT2D eigenvalue weighted by molar-refractivity contribution is 7.92. The molecule has 11 heteroatoms. The minimum atomic E-state index is -4.16. The van der Waals surface area contributed by atoms with E-state index in [0.717, 1.165) is 48.3 Å². The van der Waals surface area contributed by atoms with Crippen molar-refractivity contribution >= 4 is 43.9 Å². The number of carbonyl (C=O) groups is 2. The fourth-order valence-corrected chi connectivity index (χ4v) is 6.14. The topological polar surface area (TPSA) is 102 Å². The summed E-state index contributed by atoms with van der Waals surface area (Å²) in [5.74, 6) is -3.37. The number of carbonyl (C=O) groups excluding carboxylic acids is 2. The molecule has 1 aromatic heterocycles. The van der Waals surface area contributed by atoms with Gasteiger partial charge in [-0.3, -0.25) is 9.52 Å². The number of aryl methyl sites for hydroxylation is 1. The molecule has 0 atom stereocenters. The van der Waals surface area contributed by atoms with Crippen LogP contribution in [0.15, 0.2) is 47.4 Å². The Morgan fingerprint density at radius 2 is 1.74 bits per heavy atom. The Kier molecular flexibility index (Phi) is 7.18. The Bertz CT molecular complexity index is 1390. The molecular formula is C24H22F2N2O5S2. The fourth-order valence-electron chi connectivity index (χ4n) is 3.80. The minimum Gasteiger partial charge on any atom is -0.462 e. The minimum absolute atomic E-state index is 0.130. The number of sulfonamides is 1. The average molecular weight is 521 g/mol. The van der Waals surface area contributed by atoms with Gasteiger partial charge in [-0.1, -0.05) is 0 Å². The van der Waals surface area contributed by atoms with Gasteiger partial charge in [0, 0.05) is 16.1 Å². The van der Waals surface area contributed by atoms with Crippen LogP contribution in [0.4, 0.5) is 19.5 Å². The van der Waals surface area contributed by atoms with Crippen LogP contribution in [0.1, 0.15) is 50.9 Å². The van der Waals surface area contributed by atoms with E-state index in [0.29, 0.717) is 16.6 Å². The van der Waals surface area contributed by atoms with Gasteiger partial charge in [-0.15, -0.1) is 11.3 Å². The molecule has 0 unspecified atom stereocenters. The average Bonchev–Trinajstić information content (AvgIpc) is 3.19. The lowest BCUT2D eigenvalue weighted by molar-refractivity contribution is 0.0526. The quantitative estimate of drug-likeness (QED) is 0.421. The van der Waals surface area contributed by atoms with Gasteiger partial charge in [-0.25, -0.2) is 22.0 Å². The van der Waals surface area contributed by atoms with Crippen LogP contribution in [0, 0.1) is 11.6 Å². The van der Waals surface area contributed by atoms with Crippen molar-refractivity contribution in [2.45, 2.75) is 37.5 Å². The molecular weight excluding hydrogens is 498 g/mol. The van der Waals surface area contributed by atoms with Crippen LogP contribution in [0.3, 0.4) is 0 Å². The lowest BCUT2D eigenvalue weighted by Gasteiger charge is -2.12. The number of benzene rings is 2. The zero-order valence-corrected chi connectivity index (χ0v) is 20.3. The van der Waals surface area contributed by atoms with Crippen LogP contribution in [0.25, 0.3) is 0 Å². The molecule has 184 valence electrons. The third-order valence-electron chi connectivity index (χ3n) is 5.48. The van der Waals surface area contributed by atoms with Crippen LogP contribution in [0.5, 0.6) is 0 Å². The monoisotopic (exact) mass is 520 g/mol. The number of thiophene rings is 1. The van der Waals surface area contributed by atoms with Gasteiger partial charge >= 0.3 is 5.97 Å². The Morgan fingerprint density at radius 1 is 1.03 bits per heavy atom. The molecule has 1 amide bonds. The SMILES string of the molecule is CCOC(=O)c1c(NC(=O)c2ccc(NS(=O)(=O)c3ccc(F)c(F)c3)cc2)sc2c1CCCC2. The van der Waals surface area contributed by atoms with Gasteiger partial charge in [0.1, 0.15) is 5.00 Å². The molecule has 0 radical (unpaired) electrons. The second-order valence-electron chi connectivity index (χ2n) is 7.85. The van der Waals surface area contributed by atoms with Crippen molar-refractivity contribution in [1.82, 2.24) is 0 Å². The first-order valence-corrected chi connectivity index (χ1v) is 13.2. The van der Waals surface area contributed by atoms with Crippen LogP contribution in [-0.2, 0) is 27.6 Å². The van der Waals surface area contributed by atoms with Gasteiger partial charge in [0.2, 0.25) is 0 Å². The Labute approximate surface area is 205 Å². The summed E-state index contributed by atoms with van der Waals surface area (Å²) in [5.41, 5.74) is 1.69. The smallest absolute Gasteiger partial charge is 0.341 e. The summed E-state index contributed by atoms with van der Waals surface area (Å²) in [4.78, 5) is 26.1. The summed E-state index contributed by atoms with van der Waals surface area (Å²) < 4.78 is 58.9. The summed E-state index contributed by atoms with van der Waals surface area (Å²) in [6.45, 7) is 1.94. The molecule has 3 aromatic rings. The van der Waals surface area contributed by atoms with Crippen molar-refractivity contribution in [3.05, 3.63) is 75.7 Å². The molecule has 0 fully saturated rings. The summed E-state index contributed by atoms with van der Waals surface area (Å²) in [6.07, 6.45) is 3.58. The molecule has 35 heavy (non-hydrogen) atoms. The molecule has 2 aromatic carbocycles. The third kappa shape index (κ3) is 5.35. The van der Waals surface area contributed by atoms with Crippen molar-refractivity contribution in [2.75, 3.05) is 16.6 Å². The number of rotatable bonds is 7. The van der Waals surface area contributed by atoms with Gasteiger partial charge < -0.3 is 10.1 Å². The van der Waals surface area contributed by atoms with Crippen LogP contribution >= 0.6 is 11.3 Å². The first kappa shape index (κ1) is 24.8. The first-order valence-electron chi connectivity index (χ1n) is 10.9. The lowest BCUT2D eigenvalue weighted by atomic mass is 9.95. The van der Waals surface area contributed by atoms with E-state index in [-0.39, 0.29) is 17.9 Å². The second-order valence-corrected chi connectivity index (χ2v) is 10.6. The van der Waals surface area contributed by atoms with E-state index in [1.54, 1.807) is 6.92 Å². The number of nitrogens with one attached hydrogen (secondary N) is 2. The lowest BCUT2D eigenvalue weighted by Crippen LogP contribution is -2.16. The van der Waals surface area contributed by atoms with E-state index in [4.69, 9.17) is 4.74 Å². The van der Waals surface area contributed by atoms with E-state index in [1.165, 1.54) is 35.6 Å². The third-order valence-corrected chi connectivity index (χ3v) is 8.06. The first-order chi connectivity index (χ1) is 16.7. The fraction of sp³-hybridized carbons (Fsp3) is 0.250. The molecule has 0 spiro atoms. The molecule has 0 saturated heterocycles. The molecule has 4 rings (SSSR count). The molecule has 0 bridgehead atoms. The van der Waals surface area contributed by atoms with Crippen molar-refractivity contribution in [3.8, 4) is 0 Å². The normalized spacial score (nSPS) is 13.1. The highest BCUT2D eigenvalue weighted by Gasteiger charge is 2.27. The molecule has 1 heterocycles. The summed E-state index contributed by atoms with van der Waals surface area (Å²) in [5, 5.41) is 3.23. The maximum absolute atomic E-state index is 13.4. The maximum atomic E-state index is 13.4. The number of halogens is 2. The number of ether oxygens (including phenoxy) is 1. The Balaban J connectivity index is 1.51. The molecule has 7 nitrogen and oxygen atoms in total. The van der Waals surface area contributed by atoms with E-state index in [9.17, 15) is 26.8 Å². The Morgan fingerprint density at radius 3 is 2.43 bits per heavy atom. The van der Waals surface area contributed by atoms with Gasteiger partial charge in [0.25, 0.3) is 15.9 Å². The summed E-state index contributed by atoms with van der Waals surface area (Å²) >= 11 is 1.37. The number of amides is 1. The van der Waals surface area contributed by atoms with E-state index >= 15 is 0 Å². The van der Waals surface area contributed by atoms with Crippen LogP contribution in [-0.4, -0.2) is 26.9 Å². The van der Waals surface area contributed by atoms with Gasteiger partial charge in [-0.05, 0) is 80.6 Å². The highest BCUT2D eigenvalue weighted by atomic mass is 32.2. The van der Waals surface area contributed by atoms with Crippen LogP contribution in [0.2, 0.25) is 0 Å². The molecule has 1 aliphatic rings.